The largest absolute Gasteiger partial charge is 0.478 e. The predicted octanol–water partition coefficient (Wildman–Crippen LogP) is 3.08. The van der Waals surface area contributed by atoms with Gasteiger partial charge in [0, 0.05) is 76.2 Å². The Morgan fingerprint density at radius 3 is 1.88 bits per heavy atom. The molecule has 1 N–H and O–H groups in total. The van der Waals surface area contributed by atoms with Crippen molar-refractivity contribution in [3.8, 4) is 0 Å². The summed E-state index contributed by atoms with van der Waals surface area (Å²) >= 11 is 0. The second-order valence-corrected chi connectivity index (χ2v) is 16.3. The second kappa shape index (κ2) is 19.8. The van der Waals surface area contributed by atoms with Gasteiger partial charge >= 0.3 is 24.1 Å². The minimum atomic E-state index is -1.07. The van der Waals surface area contributed by atoms with Crippen molar-refractivity contribution in [3.05, 3.63) is 35.9 Å². The molecule has 2 aliphatic heterocycles. The number of aromatic carboxylic acids is 1. The van der Waals surface area contributed by atoms with Crippen LogP contribution in [0.5, 0.6) is 0 Å². The predicted molar refractivity (Wildman–Crippen MR) is 207 cm³/mol. The van der Waals surface area contributed by atoms with Crippen molar-refractivity contribution in [1.29, 1.82) is 0 Å². The molecule has 1 atom stereocenters. The van der Waals surface area contributed by atoms with Gasteiger partial charge < -0.3 is 38.8 Å². The molecule has 57 heavy (non-hydrogen) atoms. The van der Waals surface area contributed by atoms with Crippen LogP contribution in [-0.4, -0.2) is 159 Å². The summed E-state index contributed by atoms with van der Waals surface area (Å²) in [5, 5.41) is 9.07. The maximum Gasteiger partial charge on any atom is 0.420 e. The van der Waals surface area contributed by atoms with Crippen molar-refractivity contribution in [3.63, 3.8) is 0 Å². The van der Waals surface area contributed by atoms with Gasteiger partial charge in [0.25, 0.3) is 0 Å². The van der Waals surface area contributed by atoms with Gasteiger partial charge in [-0.3, -0.25) is 9.69 Å². The van der Waals surface area contributed by atoms with Gasteiger partial charge in [0.1, 0.15) is 17.2 Å². The van der Waals surface area contributed by atoms with E-state index in [0.29, 0.717) is 50.2 Å². The normalized spacial score (nSPS) is 16.6. The number of aromatic nitrogens is 4. The molecule has 3 amide bonds. The van der Waals surface area contributed by atoms with Crippen LogP contribution in [0.3, 0.4) is 0 Å². The Kier molecular flexibility index (Phi) is 15.5. The molecule has 4 rings (SSSR count). The van der Waals surface area contributed by atoms with E-state index in [4.69, 9.17) is 24.1 Å². The molecule has 0 bridgehead atoms. The molecule has 0 unspecified atom stereocenters. The molecule has 2 fully saturated rings. The lowest BCUT2D eigenvalue weighted by molar-refractivity contribution is -0.157. The zero-order valence-electron chi connectivity index (χ0n) is 34.3. The first-order valence-electron chi connectivity index (χ1n) is 19.2. The Morgan fingerprint density at radius 2 is 1.33 bits per heavy atom. The number of rotatable bonds is 14. The zero-order valence-corrected chi connectivity index (χ0v) is 34.3. The average Bonchev–Trinajstić information content (AvgIpc) is 3.14. The van der Waals surface area contributed by atoms with E-state index in [1.54, 1.807) is 46.4 Å². The van der Waals surface area contributed by atoms with Gasteiger partial charge in [0.2, 0.25) is 17.8 Å². The minimum absolute atomic E-state index is 0.0414. The van der Waals surface area contributed by atoms with Crippen LogP contribution in [-0.2, 0) is 35.1 Å². The number of carboxylic acids is 1. The molecule has 0 spiro atoms. The molecule has 19 heteroatoms. The summed E-state index contributed by atoms with van der Waals surface area (Å²) in [4.78, 5) is 89.5. The number of carbonyl (C=O) groups excluding carboxylic acids is 4. The Balaban J connectivity index is 1.30. The summed E-state index contributed by atoms with van der Waals surface area (Å²) in [6.45, 7) is 18.9. The van der Waals surface area contributed by atoms with Gasteiger partial charge in [-0.25, -0.2) is 44.0 Å². The Labute approximate surface area is 333 Å². The molecule has 0 saturated carbocycles. The average molecular weight is 800 g/mol. The van der Waals surface area contributed by atoms with Crippen LogP contribution in [0.4, 0.5) is 21.5 Å². The number of carboxylic acid groups (broad SMARTS) is 1. The Morgan fingerprint density at radius 1 is 0.789 bits per heavy atom. The number of esters is 1. The Hall–Kier alpha value is -5.17. The monoisotopic (exact) mass is 799 g/mol. The Bertz CT molecular complexity index is 1640. The summed E-state index contributed by atoms with van der Waals surface area (Å²) in [6.07, 6.45) is 3.93. The summed E-state index contributed by atoms with van der Waals surface area (Å²) in [5.41, 5.74) is -1.21. The number of amides is 3. The molecule has 19 nitrogen and oxygen atoms in total. The molecule has 0 aliphatic carbocycles. The minimum Gasteiger partial charge on any atom is -0.478 e. The summed E-state index contributed by atoms with van der Waals surface area (Å²) in [6, 6.07) is -0.899. The number of carbonyl (C=O) groups is 5. The second-order valence-electron chi connectivity index (χ2n) is 16.3. The van der Waals surface area contributed by atoms with E-state index in [0.717, 1.165) is 18.0 Å². The third-order valence-corrected chi connectivity index (χ3v) is 8.63. The van der Waals surface area contributed by atoms with Crippen molar-refractivity contribution in [2.45, 2.75) is 85.6 Å². The van der Waals surface area contributed by atoms with E-state index < -0.39 is 41.4 Å². The first-order valence-corrected chi connectivity index (χ1v) is 19.2. The van der Waals surface area contributed by atoms with E-state index in [1.807, 2.05) is 18.7 Å². The van der Waals surface area contributed by atoms with Gasteiger partial charge in [-0.15, -0.1) is 0 Å². The summed E-state index contributed by atoms with van der Waals surface area (Å²) < 4.78 is 22.3. The number of imide groups is 1. The van der Waals surface area contributed by atoms with Gasteiger partial charge in [-0.2, -0.15) is 0 Å². The third kappa shape index (κ3) is 14.1. The lowest BCUT2D eigenvalue weighted by atomic mass is 10.1. The van der Waals surface area contributed by atoms with Crippen molar-refractivity contribution in [1.82, 2.24) is 34.6 Å². The SMILES string of the molecule is CC(C)COC(=O)[C@H]1CN(c2ncc(CN(C(=O)OC(C)(C)C)C(=O)OC(C)(C)C)cn2)CCN1C(=O)CCOCCN1CCN(c2ncc(C(=O)O)cn2)CC1. The van der Waals surface area contributed by atoms with Crippen LogP contribution >= 0.6 is 0 Å². The number of hydrogen-bond acceptors (Lipinski definition) is 16. The zero-order chi connectivity index (χ0) is 41.9. The van der Waals surface area contributed by atoms with Crippen LogP contribution < -0.4 is 9.80 Å². The van der Waals surface area contributed by atoms with Gasteiger partial charge in [0.15, 0.2) is 0 Å². The van der Waals surface area contributed by atoms with E-state index >= 15 is 0 Å². The number of ether oxygens (including phenoxy) is 4. The number of piperazine rings is 2. The molecule has 0 aromatic carbocycles. The summed E-state index contributed by atoms with van der Waals surface area (Å²) in [5.74, 6) is -0.921. The molecule has 4 heterocycles. The highest BCUT2D eigenvalue weighted by atomic mass is 16.6. The molecular weight excluding hydrogens is 742 g/mol. The van der Waals surface area contributed by atoms with E-state index in [9.17, 15) is 24.0 Å². The standard InChI is InChI=1S/C38H57N9O10/c1-26(2)25-55-32(51)29-24-45(34-39-19-27(20-40-34)23-47(35(52)56-37(3,4)5)36(53)57-38(6,7)8)14-15-46(29)30(48)9-17-54-18-16-43-10-12-44(13-11-43)33-41-21-28(22-42-33)31(49)50/h19-22,26,29H,9-18,23-25H2,1-8H3,(H,49,50)/t29-/m1/s1. The van der Waals surface area contributed by atoms with Crippen molar-refractivity contribution in [2.75, 3.05) is 82.0 Å². The van der Waals surface area contributed by atoms with Crippen molar-refractivity contribution in [2.24, 2.45) is 5.92 Å². The van der Waals surface area contributed by atoms with Gasteiger partial charge in [0.05, 0.1) is 44.9 Å². The lowest BCUT2D eigenvalue weighted by Crippen LogP contribution is -2.59. The molecule has 2 aromatic heterocycles. The van der Waals surface area contributed by atoms with E-state index in [2.05, 4.69) is 24.8 Å². The van der Waals surface area contributed by atoms with Gasteiger partial charge in [-0.05, 0) is 47.5 Å². The molecule has 0 radical (unpaired) electrons. The highest BCUT2D eigenvalue weighted by molar-refractivity contribution is 5.88. The fourth-order valence-electron chi connectivity index (χ4n) is 5.79. The lowest BCUT2D eigenvalue weighted by Gasteiger charge is -2.40. The van der Waals surface area contributed by atoms with E-state index in [1.165, 1.54) is 29.7 Å². The fourth-order valence-corrected chi connectivity index (χ4v) is 5.79. The van der Waals surface area contributed by atoms with Gasteiger partial charge in [-0.1, -0.05) is 13.8 Å². The van der Waals surface area contributed by atoms with Crippen LogP contribution in [0, 0.1) is 5.92 Å². The number of hydrogen-bond donors (Lipinski definition) is 1. The highest BCUT2D eigenvalue weighted by Crippen LogP contribution is 2.21. The molecule has 314 valence electrons. The maximum atomic E-state index is 13.5. The van der Waals surface area contributed by atoms with Crippen LogP contribution in [0.25, 0.3) is 0 Å². The first kappa shape index (κ1) is 44.5. The van der Waals surface area contributed by atoms with E-state index in [-0.39, 0.29) is 56.7 Å². The van der Waals surface area contributed by atoms with Crippen LogP contribution in [0.15, 0.2) is 24.8 Å². The highest BCUT2D eigenvalue weighted by Gasteiger charge is 2.38. The van der Waals surface area contributed by atoms with Crippen LogP contribution in [0.1, 0.15) is 77.7 Å². The third-order valence-electron chi connectivity index (χ3n) is 8.63. The van der Waals surface area contributed by atoms with Crippen molar-refractivity contribution >= 4 is 41.9 Å². The number of anilines is 2. The molecule has 2 saturated heterocycles. The smallest absolute Gasteiger partial charge is 0.420 e. The number of nitrogens with zero attached hydrogens (tertiary/aromatic N) is 9. The molecule has 2 aliphatic rings. The molecular formula is C38H57N9O10. The first-order chi connectivity index (χ1) is 26.8. The molecule has 2 aromatic rings. The van der Waals surface area contributed by atoms with Crippen LogP contribution in [0.2, 0.25) is 0 Å². The topological polar surface area (TPSA) is 210 Å². The maximum absolute atomic E-state index is 13.5. The fraction of sp³-hybridized carbons (Fsp3) is 0.658. The summed E-state index contributed by atoms with van der Waals surface area (Å²) in [7, 11) is 0. The van der Waals surface area contributed by atoms with Crippen molar-refractivity contribution < 1.29 is 48.0 Å². The quantitative estimate of drug-likeness (QED) is 0.165.